The van der Waals surface area contributed by atoms with Gasteiger partial charge in [-0.3, -0.25) is 4.79 Å². The van der Waals surface area contributed by atoms with Crippen molar-refractivity contribution in [1.82, 2.24) is 5.32 Å². The molecule has 0 bridgehead atoms. The molecule has 112 valence electrons. The first-order valence-electron chi connectivity index (χ1n) is 7.15. The molecule has 1 fully saturated rings. The zero-order valence-corrected chi connectivity index (χ0v) is 12.5. The summed E-state index contributed by atoms with van der Waals surface area (Å²) >= 11 is 0. The van der Waals surface area contributed by atoms with Gasteiger partial charge in [-0.05, 0) is 50.5 Å². The minimum absolute atomic E-state index is 0.0656. The number of aryl methyl sites for hydroxylation is 1. The van der Waals surface area contributed by atoms with Crippen LogP contribution in [0.4, 0.5) is 0 Å². The van der Waals surface area contributed by atoms with Crippen molar-refractivity contribution >= 4 is 5.91 Å². The first-order valence-corrected chi connectivity index (χ1v) is 7.15. The first kappa shape index (κ1) is 15.6. The van der Waals surface area contributed by atoms with Crippen molar-refractivity contribution < 1.29 is 14.6 Å². The summed E-state index contributed by atoms with van der Waals surface area (Å²) in [6.07, 6.45) is 1.66. The number of amides is 1. The van der Waals surface area contributed by atoms with E-state index in [0.29, 0.717) is 18.8 Å². The highest BCUT2D eigenvalue weighted by Crippen LogP contribution is 2.20. The molecule has 1 amide bonds. The van der Waals surface area contributed by atoms with Crippen molar-refractivity contribution in [2.24, 2.45) is 0 Å². The van der Waals surface area contributed by atoms with Crippen molar-refractivity contribution in [2.75, 3.05) is 19.8 Å². The lowest BCUT2D eigenvalue weighted by Crippen LogP contribution is -2.49. The van der Waals surface area contributed by atoms with Gasteiger partial charge in [0.2, 0.25) is 0 Å². The SMILES string of the molecule is Cc1cc(C(=O)NC2(C)CCOCC2)ccc1C#CCO. The van der Waals surface area contributed by atoms with Crippen LogP contribution in [0, 0.1) is 18.8 Å². The van der Waals surface area contributed by atoms with Crippen LogP contribution in [-0.4, -0.2) is 36.4 Å². The maximum Gasteiger partial charge on any atom is 0.251 e. The van der Waals surface area contributed by atoms with E-state index in [4.69, 9.17) is 9.84 Å². The normalized spacial score (nSPS) is 16.7. The van der Waals surface area contributed by atoms with Crippen LogP contribution >= 0.6 is 0 Å². The van der Waals surface area contributed by atoms with Gasteiger partial charge in [0.1, 0.15) is 6.61 Å². The maximum atomic E-state index is 12.4. The van der Waals surface area contributed by atoms with Gasteiger partial charge >= 0.3 is 0 Å². The number of benzene rings is 1. The van der Waals surface area contributed by atoms with Crippen molar-refractivity contribution in [2.45, 2.75) is 32.2 Å². The molecule has 0 atom stereocenters. The Morgan fingerprint density at radius 1 is 1.43 bits per heavy atom. The molecule has 1 aliphatic rings. The van der Waals surface area contributed by atoms with Crippen LogP contribution in [-0.2, 0) is 4.74 Å². The Morgan fingerprint density at radius 3 is 2.76 bits per heavy atom. The van der Waals surface area contributed by atoms with Gasteiger partial charge in [0.15, 0.2) is 0 Å². The highest BCUT2D eigenvalue weighted by Gasteiger charge is 2.29. The molecule has 21 heavy (non-hydrogen) atoms. The van der Waals surface area contributed by atoms with Crippen LogP contribution in [0.5, 0.6) is 0 Å². The number of hydrogen-bond acceptors (Lipinski definition) is 3. The van der Waals surface area contributed by atoms with Crippen molar-refractivity contribution in [3.8, 4) is 11.8 Å². The number of aliphatic hydroxyl groups excluding tert-OH is 1. The molecule has 0 radical (unpaired) electrons. The van der Waals surface area contributed by atoms with Crippen LogP contribution in [0.1, 0.15) is 41.3 Å². The Balaban J connectivity index is 2.11. The largest absolute Gasteiger partial charge is 0.384 e. The minimum atomic E-state index is -0.196. The Labute approximate surface area is 125 Å². The van der Waals surface area contributed by atoms with Gasteiger partial charge in [0.05, 0.1) is 0 Å². The molecular formula is C17H21NO3. The van der Waals surface area contributed by atoms with Crippen molar-refractivity contribution in [1.29, 1.82) is 0 Å². The third-order valence-corrected chi connectivity index (χ3v) is 3.80. The van der Waals surface area contributed by atoms with E-state index in [9.17, 15) is 4.79 Å². The Morgan fingerprint density at radius 2 is 2.14 bits per heavy atom. The molecule has 1 aromatic rings. The van der Waals surface area contributed by atoms with E-state index in [1.165, 1.54) is 0 Å². The van der Waals surface area contributed by atoms with E-state index < -0.39 is 0 Å². The van der Waals surface area contributed by atoms with Gasteiger partial charge in [-0.15, -0.1) is 0 Å². The quantitative estimate of drug-likeness (QED) is 0.813. The number of aliphatic hydroxyl groups is 1. The molecule has 0 saturated carbocycles. The number of rotatable bonds is 2. The summed E-state index contributed by atoms with van der Waals surface area (Å²) in [6, 6.07) is 5.42. The van der Waals surface area contributed by atoms with E-state index in [-0.39, 0.29) is 18.1 Å². The lowest BCUT2D eigenvalue weighted by molar-refractivity contribution is 0.0423. The second-order valence-electron chi connectivity index (χ2n) is 5.62. The highest BCUT2D eigenvalue weighted by atomic mass is 16.5. The van der Waals surface area contributed by atoms with Gasteiger partial charge in [0, 0.05) is 29.9 Å². The molecule has 2 N–H and O–H groups in total. The Bertz CT molecular complexity index is 577. The highest BCUT2D eigenvalue weighted by molar-refractivity contribution is 5.95. The average Bonchev–Trinajstić information content (AvgIpc) is 2.46. The monoisotopic (exact) mass is 287 g/mol. The molecule has 1 heterocycles. The second kappa shape index (κ2) is 6.75. The third kappa shape index (κ3) is 4.07. The Kier molecular flexibility index (Phi) is 5.00. The van der Waals surface area contributed by atoms with Gasteiger partial charge in [0.25, 0.3) is 5.91 Å². The zero-order chi connectivity index (χ0) is 15.3. The van der Waals surface area contributed by atoms with E-state index >= 15 is 0 Å². The number of carbonyl (C=O) groups excluding carboxylic acids is 1. The predicted octanol–water partition coefficient (Wildman–Crippen LogP) is 1.64. The molecule has 0 aliphatic carbocycles. The molecular weight excluding hydrogens is 266 g/mol. The molecule has 0 spiro atoms. The fraction of sp³-hybridized carbons (Fsp3) is 0.471. The molecule has 4 nitrogen and oxygen atoms in total. The molecule has 2 rings (SSSR count). The summed E-state index contributed by atoms with van der Waals surface area (Å²) in [5, 5.41) is 11.8. The lowest BCUT2D eigenvalue weighted by Gasteiger charge is -2.34. The topological polar surface area (TPSA) is 58.6 Å². The summed E-state index contributed by atoms with van der Waals surface area (Å²) < 4.78 is 5.34. The zero-order valence-electron chi connectivity index (χ0n) is 12.5. The van der Waals surface area contributed by atoms with Gasteiger partial charge < -0.3 is 15.2 Å². The number of hydrogen-bond donors (Lipinski definition) is 2. The Hall–Kier alpha value is -1.83. The number of nitrogens with one attached hydrogen (secondary N) is 1. The van der Waals surface area contributed by atoms with Crippen LogP contribution in [0.2, 0.25) is 0 Å². The summed E-state index contributed by atoms with van der Waals surface area (Å²) in [5.41, 5.74) is 2.20. The molecule has 1 aromatic carbocycles. The van der Waals surface area contributed by atoms with E-state index in [1.54, 1.807) is 6.07 Å². The van der Waals surface area contributed by atoms with Crippen molar-refractivity contribution in [3.05, 3.63) is 34.9 Å². The first-order chi connectivity index (χ1) is 10.0. The predicted molar refractivity (Wildman–Crippen MR) is 81.1 cm³/mol. The van der Waals surface area contributed by atoms with Gasteiger partial charge in [-0.1, -0.05) is 11.8 Å². The van der Waals surface area contributed by atoms with Gasteiger partial charge in [-0.25, -0.2) is 0 Å². The van der Waals surface area contributed by atoms with E-state index in [2.05, 4.69) is 24.1 Å². The third-order valence-electron chi connectivity index (χ3n) is 3.80. The van der Waals surface area contributed by atoms with Crippen LogP contribution in [0.25, 0.3) is 0 Å². The maximum absolute atomic E-state index is 12.4. The molecule has 1 saturated heterocycles. The second-order valence-corrected chi connectivity index (χ2v) is 5.62. The standard InChI is InChI=1S/C17H21NO3/c1-13-12-15(6-5-14(13)4-3-9-19)16(20)18-17(2)7-10-21-11-8-17/h5-6,12,19H,7-11H2,1-2H3,(H,18,20). The average molecular weight is 287 g/mol. The lowest BCUT2D eigenvalue weighted by atomic mass is 9.92. The number of ether oxygens (including phenoxy) is 1. The molecule has 0 aromatic heterocycles. The fourth-order valence-corrected chi connectivity index (χ4v) is 2.37. The fourth-order valence-electron chi connectivity index (χ4n) is 2.37. The summed E-state index contributed by atoms with van der Waals surface area (Å²) in [7, 11) is 0. The molecule has 0 unspecified atom stereocenters. The van der Waals surface area contributed by atoms with Crippen LogP contribution in [0.15, 0.2) is 18.2 Å². The van der Waals surface area contributed by atoms with E-state index in [1.807, 2.05) is 19.1 Å². The summed E-state index contributed by atoms with van der Waals surface area (Å²) in [6.45, 7) is 5.18. The van der Waals surface area contributed by atoms with E-state index in [0.717, 1.165) is 24.0 Å². The minimum Gasteiger partial charge on any atom is -0.384 e. The smallest absolute Gasteiger partial charge is 0.251 e. The summed E-state index contributed by atoms with van der Waals surface area (Å²) in [5.74, 6) is 5.42. The summed E-state index contributed by atoms with van der Waals surface area (Å²) in [4.78, 5) is 12.4. The molecule has 1 aliphatic heterocycles. The van der Waals surface area contributed by atoms with Crippen LogP contribution in [0.3, 0.4) is 0 Å². The number of carbonyl (C=O) groups is 1. The van der Waals surface area contributed by atoms with Crippen LogP contribution < -0.4 is 5.32 Å². The molecule has 4 heteroatoms. The van der Waals surface area contributed by atoms with Crippen molar-refractivity contribution in [3.63, 3.8) is 0 Å². The van der Waals surface area contributed by atoms with Gasteiger partial charge in [-0.2, -0.15) is 0 Å².